The minimum absolute atomic E-state index is 0.00817. The lowest BCUT2D eigenvalue weighted by atomic mass is 10.1. The zero-order valence-corrected chi connectivity index (χ0v) is 19.6. The minimum Gasteiger partial charge on any atom is -0.497 e. The molecule has 4 rings (SSSR count). The molecule has 0 N–H and O–H groups in total. The minimum atomic E-state index is 0.00817. The van der Waals surface area contributed by atoms with Gasteiger partial charge in [0.15, 0.2) is 0 Å². The molecule has 0 spiro atoms. The van der Waals surface area contributed by atoms with Gasteiger partial charge in [0.2, 0.25) is 11.1 Å². The molecule has 0 saturated heterocycles. The Morgan fingerprint density at radius 2 is 1.61 bits per heavy atom. The lowest BCUT2D eigenvalue weighted by molar-refractivity contribution is -0.127. The molecule has 0 aliphatic carbocycles. The summed E-state index contributed by atoms with van der Waals surface area (Å²) in [6.45, 7) is 1.05. The molecule has 0 aliphatic heterocycles. The van der Waals surface area contributed by atoms with Crippen LogP contribution in [0.2, 0.25) is 0 Å². The molecule has 0 fully saturated rings. The van der Waals surface area contributed by atoms with Gasteiger partial charge in [-0.1, -0.05) is 42.1 Å². The van der Waals surface area contributed by atoms with Gasteiger partial charge < -0.3 is 14.4 Å². The first kappa shape index (κ1) is 22.6. The van der Waals surface area contributed by atoms with Crippen molar-refractivity contribution < 1.29 is 14.3 Å². The Morgan fingerprint density at radius 3 is 2.36 bits per heavy atom. The normalized spacial score (nSPS) is 10.9. The van der Waals surface area contributed by atoms with Crippen LogP contribution in [0.4, 0.5) is 0 Å². The van der Waals surface area contributed by atoms with Crippen LogP contribution in [0.15, 0.2) is 65.8 Å². The first-order valence-electron chi connectivity index (χ1n) is 10.4. The maximum atomic E-state index is 12.7. The largest absolute Gasteiger partial charge is 0.497 e. The van der Waals surface area contributed by atoms with E-state index in [4.69, 9.17) is 9.47 Å². The number of ether oxygens (including phenoxy) is 2. The highest BCUT2D eigenvalue weighted by molar-refractivity contribution is 7.99. The lowest BCUT2D eigenvalue weighted by Crippen LogP contribution is -2.28. The number of hydrogen-bond donors (Lipinski definition) is 0. The predicted octanol–water partition coefficient (Wildman–Crippen LogP) is 3.64. The van der Waals surface area contributed by atoms with Crippen LogP contribution < -0.4 is 9.47 Å². The van der Waals surface area contributed by atoms with Crippen LogP contribution in [0.1, 0.15) is 11.1 Å². The third-order valence-electron chi connectivity index (χ3n) is 5.27. The second-order valence-electron chi connectivity index (χ2n) is 7.55. The summed E-state index contributed by atoms with van der Waals surface area (Å²) in [6, 6.07) is 19.9. The molecule has 1 amide bonds. The van der Waals surface area contributed by atoms with Crippen LogP contribution in [0, 0.1) is 0 Å². The number of hydrogen-bond acceptors (Lipinski definition) is 7. The van der Waals surface area contributed by atoms with E-state index in [9.17, 15) is 4.79 Å². The average Bonchev–Trinajstić information content (AvgIpc) is 3.29. The van der Waals surface area contributed by atoms with E-state index in [-0.39, 0.29) is 11.7 Å². The number of tetrazole rings is 1. The second-order valence-corrected chi connectivity index (χ2v) is 8.50. The van der Waals surface area contributed by atoms with Gasteiger partial charge in [0, 0.05) is 13.6 Å². The van der Waals surface area contributed by atoms with Crippen LogP contribution in [0.5, 0.6) is 11.5 Å². The van der Waals surface area contributed by atoms with Gasteiger partial charge in [0.05, 0.1) is 26.5 Å². The lowest BCUT2D eigenvalue weighted by Gasteiger charge is -2.17. The summed E-state index contributed by atoms with van der Waals surface area (Å²) in [6.07, 6.45) is 0. The number of aromatic nitrogens is 4. The molecule has 33 heavy (non-hydrogen) atoms. The van der Waals surface area contributed by atoms with E-state index in [0.29, 0.717) is 18.2 Å². The molecular weight excluding hydrogens is 438 g/mol. The van der Waals surface area contributed by atoms with Crippen molar-refractivity contribution in [3.63, 3.8) is 0 Å². The number of amides is 1. The molecule has 9 heteroatoms. The topological polar surface area (TPSA) is 82.4 Å². The molecule has 0 atom stereocenters. The van der Waals surface area contributed by atoms with Gasteiger partial charge in [0.1, 0.15) is 11.5 Å². The van der Waals surface area contributed by atoms with E-state index in [2.05, 4.69) is 21.6 Å². The smallest absolute Gasteiger partial charge is 0.233 e. The number of rotatable bonds is 9. The van der Waals surface area contributed by atoms with Gasteiger partial charge in [-0.15, -0.1) is 5.10 Å². The van der Waals surface area contributed by atoms with Crippen LogP contribution in [-0.4, -0.2) is 58.0 Å². The molecular formula is C24H25N5O3S. The van der Waals surface area contributed by atoms with Crippen LogP contribution >= 0.6 is 11.8 Å². The van der Waals surface area contributed by atoms with Gasteiger partial charge in [-0.2, -0.15) is 0 Å². The van der Waals surface area contributed by atoms with Crippen LogP contribution in [0.3, 0.4) is 0 Å². The summed E-state index contributed by atoms with van der Waals surface area (Å²) in [7, 11) is 5.10. The van der Waals surface area contributed by atoms with E-state index < -0.39 is 0 Å². The third kappa shape index (κ3) is 5.61. The highest BCUT2D eigenvalue weighted by Gasteiger charge is 2.14. The summed E-state index contributed by atoms with van der Waals surface area (Å²) >= 11 is 1.33. The van der Waals surface area contributed by atoms with Crippen molar-refractivity contribution in [2.75, 3.05) is 27.0 Å². The third-order valence-corrected chi connectivity index (χ3v) is 6.21. The summed E-state index contributed by atoms with van der Waals surface area (Å²) in [5.41, 5.74) is 2.11. The fraction of sp³-hybridized carbons (Fsp3) is 0.250. The maximum absolute atomic E-state index is 12.7. The standard InChI is InChI=1S/C24H25N5O3S/c1-28(14-18-4-7-20-13-22(32-3)11-8-19(20)12-18)23(30)16-33-24-25-26-27-29(24)15-17-5-9-21(31-2)10-6-17/h4-13H,14-16H2,1-3H3. The predicted molar refractivity (Wildman–Crippen MR) is 128 cm³/mol. The molecule has 4 aromatic rings. The maximum Gasteiger partial charge on any atom is 0.233 e. The van der Waals surface area contributed by atoms with E-state index in [0.717, 1.165) is 33.4 Å². The van der Waals surface area contributed by atoms with E-state index in [1.165, 1.54) is 11.8 Å². The number of thioether (sulfide) groups is 1. The van der Waals surface area contributed by atoms with E-state index in [1.807, 2.05) is 54.6 Å². The number of nitrogens with zero attached hydrogens (tertiary/aromatic N) is 5. The monoisotopic (exact) mass is 463 g/mol. The summed E-state index contributed by atoms with van der Waals surface area (Å²) in [5, 5.41) is 14.7. The molecule has 0 radical (unpaired) electrons. The Balaban J connectivity index is 1.34. The second kappa shape index (κ2) is 10.4. The quantitative estimate of drug-likeness (QED) is 0.351. The summed E-state index contributed by atoms with van der Waals surface area (Å²) in [5.74, 6) is 1.89. The Hall–Kier alpha value is -3.59. The Bertz CT molecular complexity index is 1240. The number of carbonyl (C=O) groups is 1. The van der Waals surface area contributed by atoms with Gasteiger partial charge in [-0.05, 0) is 62.7 Å². The Kier molecular flexibility index (Phi) is 7.09. The molecule has 0 saturated carbocycles. The molecule has 1 heterocycles. The SMILES string of the molecule is COc1ccc(Cn2nnnc2SCC(=O)N(C)Cc2ccc3cc(OC)ccc3c2)cc1. The number of methoxy groups -OCH3 is 2. The molecule has 0 bridgehead atoms. The van der Waals surface area contributed by atoms with Crippen molar-refractivity contribution in [1.82, 2.24) is 25.1 Å². The zero-order chi connectivity index (χ0) is 23.2. The fourth-order valence-electron chi connectivity index (χ4n) is 3.40. The van der Waals surface area contributed by atoms with Gasteiger partial charge in [0.25, 0.3) is 0 Å². The first-order chi connectivity index (χ1) is 16.1. The van der Waals surface area contributed by atoms with Crippen LogP contribution in [-0.2, 0) is 17.9 Å². The van der Waals surface area contributed by atoms with Crippen LogP contribution in [0.25, 0.3) is 10.8 Å². The molecule has 3 aromatic carbocycles. The zero-order valence-electron chi connectivity index (χ0n) is 18.8. The van der Waals surface area contributed by atoms with Crippen molar-refractivity contribution >= 4 is 28.4 Å². The van der Waals surface area contributed by atoms with E-state index >= 15 is 0 Å². The van der Waals surface area contributed by atoms with Crippen molar-refractivity contribution in [1.29, 1.82) is 0 Å². The number of fused-ring (bicyclic) bond motifs is 1. The molecule has 8 nitrogen and oxygen atoms in total. The van der Waals surface area contributed by atoms with Crippen molar-refractivity contribution in [3.8, 4) is 11.5 Å². The Labute approximate surface area is 196 Å². The average molecular weight is 464 g/mol. The van der Waals surface area contributed by atoms with Crippen molar-refractivity contribution in [3.05, 3.63) is 71.8 Å². The molecule has 1 aromatic heterocycles. The van der Waals surface area contributed by atoms with E-state index in [1.54, 1.807) is 30.8 Å². The number of benzene rings is 3. The molecule has 0 unspecified atom stereocenters. The first-order valence-corrected chi connectivity index (χ1v) is 11.4. The van der Waals surface area contributed by atoms with Gasteiger partial charge in [-0.25, -0.2) is 4.68 Å². The summed E-state index contributed by atoms with van der Waals surface area (Å²) < 4.78 is 12.2. The summed E-state index contributed by atoms with van der Waals surface area (Å²) in [4.78, 5) is 14.4. The Morgan fingerprint density at radius 1 is 0.939 bits per heavy atom. The van der Waals surface area contributed by atoms with Gasteiger partial charge >= 0.3 is 0 Å². The van der Waals surface area contributed by atoms with Crippen molar-refractivity contribution in [2.45, 2.75) is 18.2 Å². The highest BCUT2D eigenvalue weighted by atomic mass is 32.2. The molecule has 170 valence electrons. The van der Waals surface area contributed by atoms with Gasteiger partial charge in [-0.3, -0.25) is 4.79 Å². The molecule has 0 aliphatic rings. The number of carbonyl (C=O) groups excluding carboxylic acids is 1. The highest BCUT2D eigenvalue weighted by Crippen LogP contribution is 2.23. The van der Waals surface area contributed by atoms with Crippen molar-refractivity contribution in [2.24, 2.45) is 0 Å². The fourth-order valence-corrected chi connectivity index (χ4v) is 4.22.